The maximum atomic E-state index is 11.0. The van der Waals surface area contributed by atoms with Crippen molar-refractivity contribution in [3.05, 3.63) is 12.3 Å². The molecule has 0 saturated carbocycles. The van der Waals surface area contributed by atoms with Gasteiger partial charge in [-0.3, -0.25) is 4.79 Å². The molecular weight excluding hydrogens is 154 g/mol. The minimum absolute atomic E-state index is 0.00375. The van der Waals surface area contributed by atoms with Crippen LogP contribution in [0.5, 0.6) is 0 Å². The minimum Gasteiger partial charge on any atom is -0.370 e. The van der Waals surface area contributed by atoms with Crippen LogP contribution in [0.15, 0.2) is 12.3 Å². The van der Waals surface area contributed by atoms with Gasteiger partial charge in [-0.15, -0.1) is 0 Å². The van der Waals surface area contributed by atoms with Crippen LogP contribution in [-0.2, 0) is 4.79 Å². The van der Waals surface area contributed by atoms with Crippen LogP contribution in [0.3, 0.4) is 0 Å². The summed E-state index contributed by atoms with van der Waals surface area (Å²) in [6, 6.07) is 0. The molecule has 0 spiro atoms. The van der Waals surface area contributed by atoms with Crippen LogP contribution in [0.1, 0.15) is 26.7 Å². The number of carbonyl (C=O) groups is 1. The Hall–Kier alpha value is -0.830. The number of carbonyl (C=O) groups excluding carboxylic acids is 1. The van der Waals surface area contributed by atoms with E-state index in [0.29, 0.717) is 6.42 Å². The van der Waals surface area contributed by atoms with Crippen molar-refractivity contribution in [2.45, 2.75) is 32.4 Å². The minimum atomic E-state index is -0.944. The fourth-order valence-corrected chi connectivity index (χ4v) is 1.48. The summed E-state index contributed by atoms with van der Waals surface area (Å²) >= 11 is 0. The Morgan fingerprint density at radius 2 is 2.33 bits per heavy atom. The van der Waals surface area contributed by atoms with E-state index in [4.69, 9.17) is 0 Å². The molecule has 0 bridgehead atoms. The van der Waals surface area contributed by atoms with Crippen LogP contribution in [0, 0.1) is 0 Å². The lowest BCUT2D eigenvalue weighted by Gasteiger charge is -2.39. The summed E-state index contributed by atoms with van der Waals surface area (Å²) in [5, 5.41) is 9.96. The van der Waals surface area contributed by atoms with Crippen LogP contribution in [-0.4, -0.2) is 28.1 Å². The van der Waals surface area contributed by atoms with Gasteiger partial charge in [-0.05, 0) is 19.4 Å². The van der Waals surface area contributed by atoms with Gasteiger partial charge in [0, 0.05) is 12.7 Å². The largest absolute Gasteiger partial charge is 0.370 e. The van der Waals surface area contributed by atoms with Gasteiger partial charge in [-0.1, -0.05) is 6.92 Å². The smallest absolute Gasteiger partial charge is 0.161 e. The van der Waals surface area contributed by atoms with Crippen LogP contribution in [0.4, 0.5) is 0 Å². The van der Waals surface area contributed by atoms with Gasteiger partial charge in [0.25, 0.3) is 0 Å². The highest BCUT2D eigenvalue weighted by Gasteiger charge is 2.34. The number of nitrogens with zero attached hydrogens (tertiary/aromatic N) is 1. The van der Waals surface area contributed by atoms with E-state index in [1.807, 2.05) is 13.8 Å². The summed E-state index contributed by atoms with van der Waals surface area (Å²) in [5.41, 5.74) is -0.944. The van der Waals surface area contributed by atoms with Crippen molar-refractivity contribution in [1.82, 2.24) is 4.90 Å². The molecule has 1 heterocycles. The number of ketones is 1. The first kappa shape index (κ1) is 9.26. The van der Waals surface area contributed by atoms with Gasteiger partial charge in [0.2, 0.25) is 0 Å². The third-order valence-corrected chi connectivity index (χ3v) is 2.34. The summed E-state index contributed by atoms with van der Waals surface area (Å²) in [4.78, 5) is 12.8. The second-order valence-corrected chi connectivity index (χ2v) is 3.08. The Morgan fingerprint density at radius 1 is 1.67 bits per heavy atom. The third-order valence-electron chi connectivity index (χ3n) is 2.34. The molecule has 0 fully saturated rings. The fourth-order valence-electron chi connectivity index (χ4n) is 1.48. The molecule has 1 unspecified atom stereocenters. The van der Waals surface area contributed by atoms with E-state index in [0.717, 1.165) is 6.54 Å². The Kier molecular flexibility index (Phi) is 2.52. The Balaban J connectivity index is 2.84. The molecule has 0 aliphatic carbocycles. The van der Waals surface area contributed by atoms with E-state index < -0.39 is 5.72 Å². The van der Waals surface area contributed by atoms with Gasteiger partial charge < -0.3 is 10.0 Å². The monoisotopic (exact) mass is 169 g/mol. The molecule has 1 N–H and O–H groups in total. The van der Waals surface area contributed by atoms with Crippen LogP contribution >= 0.6 is 0 Å². The fraction of sp³-hybridized carbons (Fsp3) is 0.667. The Labute approximate surface area is 72.7 Å². The molecule has 12 heavy (non-hydrogen) atoms. The van der Waals surface area contributed by atoms with Crippen molar-refractivity contribution in [3.8, 4) is 0 Å². The van der Waals surface area contributed by atoms with Gasteiger partial charge in [0.05, 0.1) is 6.42 Å². The highest BCUT2D eigenvalue weighted by Crippen LogP contribution is 2.24. The third kappa shape index (κ3) is 1.50. The topological polar surface area (TPSA) is 40.5 Å². The number of hydrogen-bond acceptors (Lipinski definition) is 3. The first-order chi connectivity index (χ1) is 5.62. The lowest BCUT2D eigenvalue weighted by Crippen LogP contribution is -2.48. The number of allylic oxidation sites excluding steroid dienone is 1. The summed E-state index contributed by atoms with van der Waals surface area (Å²) in [7, 11) is 0. The van der Waals surface area contributed by atoms with Gasteiger partial charge in [0.15, 0.2) is 5.78 Å². The second kappa shape index (κ2) is 3.27. The molecule has 0 aromatic carbocycles. The van der Waals surface area contributed by atoms with E-state index >= 15 is 0 Å². The van der Waals surface area contributed by atoms with Crippen molar-refractivity contribution in [2.75, 3.05) is 6.54 Å². The van der Waals surface area contributed by atoms with Crippen LogP contribution in [0.25, 0.3) is 0 Å². The van der Waals surface area contributed by atoms with Crippen LogP contribution < -0.4 is 0 Å². The summed E-state index contributed by atoms with van der Waals surface area (Å²) in [5.74, 6) is 0.00375. The van der Waals surface area contributed by atoms with Crippen molar-refractivity contribution in [1.29, 1.82) is 0 Å². The Morgan fingerprint density at radius 3 is 2.83 bits per heavy atom. The van der Waals surface area contributed by atoms with E-state index in [9.17, 15) is 9.90 Å². The first-order valence-electron chi connectivity index (χ1n) is 4.32. The van der Waals surface area contributed by atoms with E-state index in [-0.39, 0.29) is 12.2 Å². The van der Waals surface area contributed by atoms with E-state index in [2.05, 4.69) is 0 Å². The SMILES string of the molecule is CCN1C=CC(=O)CC1(O)CC. The molecule has 1 aliphatic rings. The zero-order valence-electron chi connectivity index (χ0n) is 7.58. The average molecular weight is 169 g/mol. The van der Waals surface area contributed by atoms with Crippen LogP contribution in [0.2, 0.25) is 0 Å². The molecule has 0 amide bonds. The molecule has 3 heteroatoms. The zero-order chi connectivity index (χ0) is 9.19. The second-order valence-electron chi connectivity index (χ2n) is 3.08. The van der Waals surface area contributed by atoms with E-state index in [1.165, 1.54) is 6.08 Å². The van der Waals surface area contributed by atoms with Crippen molar-refractivity contribution < 1.29 is 9.90 Å². The standard InChI is InChI=1S/C9H15NO2/c1-3-9(12)7-8(11)5-6-10(9)4-2/h5-6,12H,3-4,7H2,1-2H3. The molecule has 0 radical (unpaired) electrons. The predicted molar refractivity (Wildman–Crippen MR) is 46.4 cm³/mol. The summed E-state index contributed by atoms with van der Waals surface area (Å²) < 4.78 is 0. The van der Waals surface area contributed by atoms with Crippen molar-refractivity contribution >= 4 is 5.78 Å². The highest BCUT2D eigenvalue weighted by molar-refractivity contribution is 5.91. The molecular formula is C9H15NO2. The quantitative estimate of drug-likeness (QED) is 0.667. The lowest BCUT2D eigenvalue weighted by molar-refractivity contribution is -0.134. The normalized spacial score (nSPS) is 29.6. The molecule has 68 valence electrons. The number of rotatable bonds is 2. The molecule has 1 atom stereocenters. The van der Waals surface area contributed by atoms with Gasteiger partial charge in [0.1, 0.15) is 5.72 Å². The van der Waals surface area contributed by atoms with Gasteiger partial charge in [-0.2, -0.15) is 0 Å². The first-order valence-corrected chi connectivity index (χ1v) is 4.32. The average Bonchev–Trinajstić information content (AvgIpc) is 2.05. The Bertz CT molecular complexity index is 213. The molecule has 0 aromatic rings. The van der Waals surface area contributed by atoms with E-state index in [1.54, 1.807) is 11.1 Å². The molecule has 3 nitrogen and oxygen atoms in total. The van der Waals surface area contributed by atoms with Gasteiger partial charge in [-0.25, -0.2) is 0 Å². The predicted octanol–water partition coefficient (Wildman–Crippen LogP) is 0.893. The van der Waals surface area contributed by atoms with Gasteiger partial charge >= 0.3 is 0 Å². The lowest BCUT2D eigenvalue weighted by atomic mass is 9.98. The molecule has 1 rings (SSSR count). The summed E-state index contributed by atoms with van der Waals surface area (Å²) in [6.45, 7) is 4.57. The zero-order valence-corrected chi connectivity index (χ0v) is 7.58. The molecule has 0 saturated heterocycles. The number of aliphatic hydroxyl groups is 1. The highest BCUT2D eigenvalue weighted by atomic mass is 16.3. The van der Waals surface area contributed by atoms with Crippen molar-refractivity contribution in [2.24, 2.45) is 0 Å². The molecule has 0 aromatic heterocycles. The van der Waals surface area contributed by atoms with Crippen molar-refractivity contribution in [3.63, 3.8) is 0 Å². The maximum Gasteiger partial charge on any atom is 0.161 e. The molecule has 1 aliphatic heterocycles. The maximum absolute atomic E-state index is 11.0. The number of hydrogen-bond donors (Lipinski definition) is 1. The summed E-state index contributed by atoms with van der Waals surface area (Å²) in [6.07, 6.45) is 3.99.